The van der Waals surface area contributed by atoms with Gasteiger partial charge in [0, 0.05) is 5.56 Å². The van der Waals surface area contributed by atoms with Crippen molar-refractivity contribution in [1.82, 2.24) is 0 Å². The highest BCUT2D eigenvalue weighted by Gasteiger charge is 2.22. The molecule has 4 nitrogen and oxygen atoms in total. The summed E-state index contributed by atoms with van der Waals surface area (Å²) in [6, 6.07) is 9.66. The van der Waals surface area contributed by atoms with E-state index < -0.39 is 10.1 Å². The van der Waals surface area contributed by atoms with E-state index in [1.807, 2.05) is 19.1 Å². The molecule has 0 saturated carbocycles. The van der Waals surface area contributed by atoms with Gasteiger partial charge < -0.3 is 4.18 Å². The molecule has 116 valence electrons. The zero-order chi connectivity index (χ0) is 16.5. The molecular formula is C17H18O4S. The standard InChI is InChI=1S/C17H18O4S/c1-11-9-12(2)17(13(3)10-11)22(19,20)21-16-7-5-15(6-8-16)14(4)18/h5-10H,1-4H3. The number of carbonyl (C=O) groups excluding carboxylic acids is 1. The molecule has 0 fully saturated rings. The minimum atomic E-state index is -3.91. The van der Waals surface area contributed by atoms with E-state index >= 15 is 0 Å². The largest absolute Gasteiger partial charge is 0.379 e. The summed E-state index contributed by atoms with van der Waals surface area (Å²) in [7, 11) is -3.91. The van der Waals surface area contributed by atoms with Gasteiger partial charge in [0.2, 0.25) is 0 Å². The van der Waals surface area contributed by atoms with Crippen LogP contribution in [-0.4, -0.2) is 14.2 Å². The Labute approximate surface area is 130 Å². The molecule has 0 bridgehead atoms. The highest BCUT2D eigenvalue weighted by Crippen LogP contribution is 2.25. The molecule has 5 heteroatoms. The van der Waals surface area contributed by atoms with Crippen LogP contribution in [0.4, 0.5) is 0 Å². The Bertz CT molecular complexity index is 795. The smallest absolute Gasteiger partial charge is 0.339 e. The fourth-order valence-electron chi connectivity index (χ4n) is 2.47. The highest BCUT2D eigenvalue weighted by atomic mass is 32.2. The van der Waals surface area contributed by atoms with Crippen LogP contribution in [0.2, 0.25) is 0 Å². The lowest BCUT2D eigenvalue weighted by molar-refractivity contribution is 0.101. The third kappa shape index (κ3) is 3.36. The lowest BCUT2D eigenvalue weighted by atomic mass is 10.1. The van der Waals surface area contributed by atoms with Crippen LogP contribution in [0.25, 0.3) is 0 Å². The number of rotatable bonds is 4. The van der Waals surface area contributed by atoms with Crippen LogP contribution in [0.5, 0.6) is 5.75 Å². The third-order valence-corrected chi connectivity index (χ3v) is 4.88. The van der Waals surface area contributed by atoms with Crippen LogP contribution in [-0.2, 0) is 10.1 Å². The average Bonchev–Trinajstić information content (AvgIpc) is 2.36. The second kappa shape index (κ2) is 5.93. The minimum Gasteiger partial charge on any atom is -0.379 e. The van der Waals surface area contributed by atoms with Crippen molar-refractivity contribution in [2.24, 2.45) is 0 Å². The van der Waals surface area contributed by atoms with Gasteiger partial charge in [0.15, 0.2) is 5.78 Å². The third-order valence-electron chi connectivity index (χ3n) is 3.32. The number of hydrogen-bond donors (Lipinski definition) is 0. The van der Waals surface area contributed by atoms with Gasteiger partial charge in [-0.1, -0.05) is 17.7 Å². The first-order valence-corrected chi connectivity index (χ1v) is 8.25. The number of Topliss-reactive ketones (excluding diaryl/α,β-unsaturated/α-hetero) is 1. The van der Waals surface area contributed by atoms with Crippen LogP contribution in [0.3, 0.4) is 0 Å². The summed E-state index contributed by atoms with van der Waals surface area (Å²) < 4.78 is 30.2. The van der Waals surface area contributed by atoms with Gasteiger partial charge >= 0.3 is 10.1 Å². The summed E-state index contributed by atoms with van der Waals surface area (Å²) in [6.45, 7) is 6.85. The second-order valence-electron chi connectivity index (χ2n) is 5.35. The van der Waals surface area contributed by atoms with Gasteiger partial charge in [-0.05, 0) is 63.1 Å². The Morgan fingerprint density at radius 1 is 0.955 bits per heavy atom. The van der Waals surface area contributed by atoms with Crippen molar-refractivity contribution in [2.75, 3.05) is 0 Å². The molecule has 0 spiro atoms. The Morgan fingerprint density at radius 3 is 1.91 bits per heavy atom. The molecular weight excluding hydrogens is 300 g/mol. The van der Waals surface area contributed by atoms with Crippen LogP contribution in [0.1, 0.15) is 34.0 Å². The van der Waals surface area contributed by atoms with Gasteiger partial charge in [0.1, 0.15) is 10.6 Å². The maximum atomic E-state index is 12.5. The molecule has 0 amide bonds. The van der Waals surface area contributed by atoms with Gasteiger partial charge in [-0.25, -0.2) is 0 Å². The summed E-state index contributed by atoms with van der Waals surface area (Å²) in [4.78, 5) is 11.4. The number of benzene rings is 2. The van der Waals surface area contributed by atoms with Crippen LogP contribution < -0.4 is 4.18 Å². The molecule has 0 aliphatic rings. The minimum absolute atomic E-state index is 0.0837. The summed E-state index contributed by atoms with van der Waals surface area (Å²) in [5, 5.41) is 0. The first-order valence-electron chi connectivity index (χ1n) is 6.84. The quantitative estimate of drug-likeness (QED) is 0.638. The van der Waals surface area contributed by atoms with Gasteiger partial charge in [-0.3, -0.25) is 4.79 Å². The van der Waals surface area contributed by atoms with Crippen molar-refractivity contribution in [1.29, 1.82) is 0 Å². The van der Waals surface area contributed by atoms with E-state index in [1.165, 1.54) is 19.1 Å². The average molecular weight is 318 g/mol. The number of hydrogen-bond acceptors (Lipinski definition) is 4. The van der Waals surface area contributed by atoms with Gasteiger partial charge in [0.05, 0.1) is 0 Å². The molecule has 0 aromatic heterocycles. The topological polar surface area (TPSA) is 60.4 Å². The van der Waals surface area contributed by atoms with Crippen molar-refractivity contribution < 1.29 is 17.4 Å². The van der Waals surface area contributed by atoms with E-state index in [4.69, 9.17) is 4.18 Å². The predicted octanol–water partition coefficient (Wildman–Crippen LogP) is 3.58. The SMILES string of the molecule is CC(=O)c1ccc(OS(=O)(=O)c2c(C)cc(C)cc2C)cc1. The molecule has 0 aliphatic heterocycles. The molecule has 2 rings (SSSR count). The maximum absolute atomic E-state index is 12.5. The van der Waals surface area contributed by atoms with Crippen molar-refractivity contribution in [3.63, 3.8) is 0 Å². The molecule has 2 aromatic rings. The van der Waals surface area contributed by atoms with Crippen molar-refractivity contribution in [3.05, 3.63) is 58.7 Å². The van der Waals surface area contributed by atoms with E-state index in [9.17, 15) is 13.2 Å². The molecule has 0 radical (unpaired) electrons. The number of aryl methyl sites for hydroxylation is 3. The summed E-state index contributed by atoms with van der Waals surface area (Å²) in [5.74, 6) is 0.101. The van der Waals surface area contributed by atoms with Crippen molar-refractivity contribution in [2.45, 2.75) is 32.6 Å². The fourth-order valence-corrected chi connectivity index (χ4v) is 3.83. The molecule has 2 aromatic carbocycles. The summed E-state index contributed by atoms with van der Waals surface area (Å²) in [6.07, 6.45) is 0. The van der Waals surface area contributed by atoms with E-state index in [0.717, 1.165) is 5.56 Å². The Balaban J connectivity index is 2.38. The molecule has 0 aliphatic carbocycles. The first kappa shape index (κ1) is 16.2. The Morgan fingerprint density at radius 2 is 1.45 bits per heavy atom. The van der Waals surface area contributed by atoms with Crippen molar-refractivity contribution in [3.8, 4) is 5.75 Å². The highest BCUT2D eigenvalue weighted by molar-refractivity contribution is 7.87. The van der Waals surface area contributed by atoms with Crippen molar-refractivity contribution >= 4 is 15.9 Å². The van der Waals surface area contributed by atoms with Crippen LogP contribution in [0.15, 0.2) is 41.3 Å². The molecule has 22 heavy (non-hydrogen) atoms. The molecule has 0 saturated heterocycles. The first-order chi connectivity index (χ1) is 10.2. The zero-order valence-electron chi connectivity index (χ0n) is 13.0. The van der Waals surface area contributed by atoms with E-state index in [0.29, 0.717) is 16.7 Å². The summed E-state index contributed by atoms with van der Waals surface area (Å²) >= 11 is 0. The van der Waals surface area contributed by atoms with E-state index in [1.54, 1.807) is 26.0 Å². The monoisotopic (exact) mass is 318 g/mol. The van der Waals surface area contributed by atoms with Gasteiger partial charge in [-0.2, -0.15) is 8.42 Å². The van der Waals surface area contributed by atoms with E-state index in [-0.39, 0.29) is 16.4 Å². The Hall–Kier alpha value is -2.14. The van der Waals surface area contributed by atoms with Gasteiger partial charge in [-0.15, -0.1) is 0 Å². The molecule has 0 atom stereocenters. The normalized spacial score (nSPS) is 11.3. The second-order valence-corrected chi connectivity index (χ2v) is 6.83. The summed E-state index contributed by atoms with van der Waals surface area (Å²) in [5.41, 5.74) is 2.81. The predicted molar refractivity (Wildman–Crippen MR) is 84.9 cm³/mol. The van der Waals surface area contributed by atoms with Crippen LogP contribution in [0, 0.1) is 20.8 Å². The zero-order valence-corrected chi connectivity index (χ0v) is 13.8. The molecule has 0 unspecified atom stereocenters. The lowest BCUT2D eigenvalue weighted by Gasteiger charge is -2.13. The maximum Gasteiger partial charge on any atom is 0.339 e. The number of ketones is 1. The number of carbonyl (C=O) groups is 1. The fraction of sp³-hybridized carbons (Fsp3) is 0.235. The van der Waals surface area contributed by atoms with E-state index in [2.05, 4.69) is 0 Å². The van der Waals surface area contributed by atoms with Crippen LogP contribution >= 0.6 is 0 Å². The lowest BCUT2D eigenvalue weighted by Crippen LogP contribution is -2.13. The Kier molecular flexibility index (Phi) is 4.37. The van der Waals surface area contributed by atoms with Gasteiger partial charge in [0.25, 0.3) is 0 Å². The molecule has 0 heterocycles. The molecule has 0 N–H and O–H groups in total.